The molecular formula is C13H8ClN3. The molecule has 3 nitrogen and oxygen atoms in total. The first-order valence-electron chi connectivity index (χ1n) is 5.17. The van der Waals surface area contributed by atoms with Crippen LogP contribution in [0.3, 0.4) is 0 Å². The fourth-order valence-corrected chi connectivity index (χ4v) is 2.00. The van der Waals surface area contributed by atoms with Gasteiger partial charge in [0.05, 0.1) is 0 Å². The van der Waals surface area contributed by atoms with Crippen LogP contribution in [0, 0.1) is 0 Å². The van der Waals surface area contributed by atoms with Crippen LogP contribution >= 0.6 is 11.6 Å². The van der Waals surface area contributed by atoms with Gasteiger partial charge in [0, 0.05) is 28.7 Å². The lowest BCUT2D eigenvalue weighted by atomic mass is 10.1. The molecule has 0 aliphatic carbocycles. The molecule has 82 valence electrons. The fraction of sp³-hybridized carbons (Fsp3) is 0. The van der Waals surface area contributed by atoms with E-state index < -0.39 is 0 Å². The molecule has 0 aliphatic rings. The van der Waals surface area contributed by atoms with Crippen LogP contribution < -0.4 is 0 Å². The van der Waals surface area contributed by atoms with E-state index in [-0.39, 0.29) is 0 Å². The maximum absolute atomic E-state index is 6.03. The van der Waals surface area contributed by atoms with Gasteiger partial charge in [0.1, 0.15) is 5.69 Å². The Hall–Kier alpha value is -2.00. The summed E-state index contributed by atoms with van der Waals surface area (Å²) in [7, 11) is 0. The second-order valence-corrected chi connectivity index (χ2v) is 3.98. The molecule has 0 spiro atoms. The summed E-state index contributed by atoms with van der Waals surface area (Å²) in [5.74, 6) is 0. The van der Waals surface area contributed by atoms with Gasteiger partial charge in [0.15, 0.2) is 5.15 Å². The van der Waals surface area contributed by atoms with E-state index in [1.807, 2.05) is 36.4 Å². The fourth-order valence-electron chi connectivity index (χ4n) is 1.79. The van der Waals surface area contributed by atoms with Gasteiger partial charge in [-0.2, -0.15) is 0 Å². The molecule has 3 aromatic rings. The molecule has 4 heteroatoms. The van der Waals surface area contributed by atoms with E-state index in [9.17, 15) is 0 Å². The molecule has 0 radical (unpaired) electrons. The van der Waals surface area contributed by atoms with Gasteiger partial charge in [-0.3, -0.25) is 4.98 Å². The predicted octanol–water partition coefficient (Wildman–Crippen LogP) is 3.35. The molecule has 0 atom stereocenters. The predicted molar refractivity (Wildman–Crippen MR) is 67.8 cm³/mol. The molecule has 0 saturated heterocycles. The summed E-state index contributed by atoms with van der Waals surface area (Å²) in [5, 5.41) is 10.5. The van der Waals surface area contributed by atoms with Crippen molar-refractivity contribution in [3.63, 3.8) is 0 Å². The summed E-state index contributed by atoms with van der Waals surface area (Å²) in [6.45, 7) is 0. The zero-order valence-electron chi connectivity index (χ0n) is 8.84. The highest BCUT2D eigenvalue weighted by atomic mass is 35.5. The molecule has 1 aromatic carbocycles. The second-order valence-electron chi connectivity index (χ2n) is 3.62. The third-order valence-corrected chi connectivity index (χ3v) is 2.88. The average Bonchev–Trinajstić information content (AvgIpc) is 2.41. The van der Waals surface area contributed by atoms with Gasteiger partial charge in [-0.25, -0.2) is 0 Å². The zero-order chi connectivity index (χ0) is 11.7. The molecule has 0 unspecified atom stereocenters. The number of rotatable bonds is 1. The van der Waals surface area contributed by atoms with Gasteiger partial charge in [0.25, 0.3) is 0 Å². The summed E-state index contributed by atoms with van der Waals surface area (Å²) in [5.41, 5.74) is 1.81. The normalized spacial score (nSPS) is 10.6. The van der Waals surface area contributed by atoms with Crippen molar-refractivity contribution in [2.75, 3.05) is 0 Å². The number of hydrogen-bond donors (Lipinski definition) is 0. The van der Waals surface area contributed by atoms with Gasteiger partial charge >= 0.3 is 0 Å². The number of pyridine rings is 1. The number of nitrogens with zero attached hydrogens (tertiary/aromatic N) is 3. The maximum atomic E-state index is 6.03. The zero-order valence-corrected chi connectivity index (χ0v) is 9.59. The van der Waals surface area contributed by atoms with Crippen LogP contribution in [-0.2, 0) is 0 Å². The van der Waals surface area contributed by atoms with Crippen LogP contribution in [0.5, 0.6) is 0 Å². The van der Waals surface area contributed by atoms with Crippen LogP contribution in [0.4, 0.5) is 0 Å². The van der Waals surface area contributed by atoms with Gasteiger partial charge in [-0.15, -0.1) is 10.2 Å². The summed E-state index contributed by atoms with van der Waals surface area (Å²) in [6, 6.07) is 11.6. The van der Waals surface area contributed by atoms with E-state index >= 15 is 0 Å². The highest BCUT2D eigenvalue weighted by Crippen LogP contribution is 2.28. The summed E-state index contributed by atoms with van der Waals surface area (Å²) in [4.78, 5) is 3.99. The van der Waals surface area contributed by atoms with Crippen molar-refractivity contribution < 1.29 is 0 Å². The number of hydrogen-bond acceptors (Lipinski definition) is 3. The molecular weight excluding hydrogens is 234 g/mol. The summed E-state index contributed by atoms with van der Waals surface area (Å²) < 4.78 is 0. The molecule has 2 heterocycles. The van der Waals surface area contributed by atoms with E-state index in [0.717, 1.165) is 22.0 Å². The molecule has 0 saturated carbocycles. The van der Waals surface area contributed by atoms with E-state index in [1.165, 1.54) is 0 Å². The molecule has 0 bridgehead atoms. The smallest absolute Gasteiger partial charge is 0.159 e. The minimum Gasteiger partial charge on any atom is -0.265 e. The highest BCUT2D eigenvalue weighted by molar-refractivity contribution is 6.34. The van der Waals surface area contributed by atoms with Crippen molar-refractivity contribution in [1.82, 2.24) is 15.2 Å². The minimum atomic E-state index is 0.429. The van der Waals surface area contributed by atoms with Crippen LogP contribution in [-0.4, -0.2) is 15.2 Å². The highest BCUT2D eigenvalue weighted by Gasteiger charge is 2.08. The third kappa shape index (κ3) is 1.74. The standard InChI is InChI=1S/C13H8ClN3/c14-13-11-4-2-1-3-10(11)12(16-17-13)9-5-7-15-8-6-9/h1-8H. The van der Waals surface area contributed by atoms with E-state index in [0.29, 0.717) is 5.15 Å². The Morgan fingerprint density at radius 3 is 2.29 bits per heavy atom. The lowest BCUT2D eigenvalue weighted by molar-refractivity contribution is 1.06. The molecule has 0 aliphatic heterocycles. The molecule has 0 amide bonds. The van der Waals surface area contributed by atoms with E-state index in [2.05, 4.69) is 15.2 Å². The Morgan fingerprint density at radius 1 is 0.824 bits per heavy atom. The SMILES string of the molecule is Clc1nnc(-c2ccncc2)c2ccccc12. The van der Waals surface area contributed by atoms with Crippen molar-refractivity contribution in [2.24, 2.45) is 0 Å². The lowest BCUT2D eigenvalue weighted by Gasteiger charge is -2.05. The largest absolute Gasteiger partial charge is 0.265 e. The van der Waals surface area contributed by atoms with Crippen molar-refractivity contribution in [2.45, 2.75) is 0 Å². The first-order chi connectivity index (χ1) is 8.36. The van der Waals surface area contributed by atoms with Crippen molar-refractivity contribution in [3.05, 3.63) is 53.9 Å². The lowest BCUT2D eigenvalue weighted by Crippen LogP contribution is -1.91. The molecule has 0 N–H and O–H groups in total. The van der Waals surface area contributed by atoms with Crippen LogP contribution in [0.15, 0.2) is 48.8 Å². The molecule has 17 heavy (non-hydrogen) atoms. The average molecular weight is 242 g/mol. The Bertz CT molecular complexity index is 668. The maximum Gasteiger partial charge on any atom is 0.159 e. The number of halogens is 1. The Labute approximate surface area is 103 Å². The number of aromatic nitrogens is 3. The molecule has 0 fully saturated rings. The quantitative estimate of drug-likeness (QED) is 0.656. The van der Waals surface area contributed by atoms with Gasteiger partial charge < -0.3 is 0 Å². The van der Waals surface area contributed by atoms with E-state index in [4.69, 9.17) is 11.6 Å². The minimum absolute atomic E-state index is 0.429. The third-order valence-electron chi connectivity index (χ3n) is 2.60. The summed E-state index contributed by atoms with van der Waals surface area (Å²) >= 11 is 6.03. The van der Waals surface area contributed by atoms with Gasteiger partial charge in [-0.05, 0) is 12.1 Å². The first-order valence-corrected chi connectivity index (χ1v) is 5.55. The van der Waals surface area contributed by atoms with Crippen LogP contribution in [0.25, 0.3) is 22.0 Å². The molecule has 2 aromatic heterocycles. The van der Waals surface area contributed by atoms with Crippen molar-refractivity contribution in [1.29, 1.82) is 0 Å². The first kappa shape index (κ1) is 10.2. The van der Waals surface area contributed by atoms with Gasteiger partial charge in [-0.1, -0.05) is 35.9 Å². The monoisotopic (exact) mass is 241 g/mol. The Morgan fingerprint density at radius 2 is 1.53 bits per heavy atom. The Balaban J connectivity index is 2.35. The van der Waals surface area contributed by atoms with Crippen LogP contribution in [0.1, 0.15) is 0 Å². The number of benzene rings is 1. The second kappa shape index (κ2) is 4.11. The molecule has 3 rings (SSSR count). The summed E-state index contributed by atoms with van der Waals surface area (Å²) in [6.07, 6.45) is 3.47. The topological polar surface area (TPSA) is 38.7 Å². The van der Waals surface area contributed by atoms with Crippen LogP contribution in [0.2, 0.25) is 5.15 Å². The van der Waals surface area contributed by atoms with Crippen molar-refractivity contribution in [3.8, 4) is 11.3 Å². The van der Waals surface area contributed by atoms with E-state index in [1.54, 1.807) is 12.4 Å². The Kier molecular flexibility index (Phi) is 2.46. The van der Waals surface area contributed by atoms with Gasteiger partial charge in [0.2, 0.25) is 0 Å². The number of fused-ring (bicyclic) bond motifs is 1. The van der Waals surface area contributed by atoms with Crippen molar-refractivity contribution >= 4 is 22.4 Å².